The van der Waals surface area contributed by atoms with E-state index in [-0.39, 0.29) is 12.8 Å². The summed E-state index contributed by atoms with van der Waals surface area (Å²) in [6.45, 7) is 0. The van der Waals surface area contributed by atoms with E-state index in [1.807, 2.05) is 0 Å². The third kappa shape index (κ3) is 5.57. The Bertz CT molecular complexity index is 1150. The molecule has 0 fully saturated rings. The number of carbonyl (C=O) groups excluding carboxylic acids is 2. The van der Waals surface area contributed by atoms with Crippen LogP contribution in [0.2, 0.25) is 10.0 Å². The second-order valence-corrected chi connectivity index (χ2v) is 10.7. The van der Waals surface area contributed by atoms with Gasteiger partial charge in [-0.2, -0.15) is 0 Å². The van der Waals surface area contributed by atoms with Crippen molar-refractivity contribution in [3.8, 4) is 0 Å². The van der Waals surface area contributed by atoms with E-state index in [9.17, 15) is 9.59 Å². The first-order valence-corrected chi connectivity index (χ1v) is 12.2. The lowest BCUT2D eigenvalue weighted by Gasteiger charge is -2.01. The molecule has 6 nitrogen and oxygen atoms in total. The summed E-state index contributed by atoms with van der Waals surface area (Å²) in [7, 11) is 0. The van der Waals surface area contributed by atoms with Crippen molar-refractivity contribution in [2.45, 2.75) is 21.5 Å². The van der Waals surface area contributed by atoms with Crippen molar-refractivity contribution in [1.82, 2.24) is 9.97 Å². The number of rotatable bonds is 7. The SMILES string of the molecule is O=C(CCC(=O)OSc1nc2ccc(Cl)cc2s1)OSc1nc2ccc(Cl)cc2s1. The van der Waals surface area contributed by atoms with E-state index in [0.717, 1.165) is 44.5 Å². The Kier molecular flexibility index (Phi) is 7.01. The fraction of sp³-hybridized carbons (Fsp3) is 0.111. The average molecular weight is 517 g/mol. The summed E-state index contributed by atoms with van der Waals surface area (Å²) < 4.78 is 13.2. The van der Waals surface area contributed by atoms with Crippen LogP contribution in [0.3, 0.4) is 0 Å². The van der Waals surface area contributed by atoms with Gasteiger partial charge in [-0.1, -0.05) is 23.2 Å². The van der Waals surface area contributed by atoms with Gasteiger partial charge in [-0.05, 0) is 36.4 Å². The largest absolute Gasteiger partial charge is 0.383 e. The molecule has 12 heteroatoms. The minimum absolute atomic E-state index is 0.0986. The molecule has 0 unspecified atom stereocenters. The molecule has 0 saturated carbocycles. The van der Waals surface area contributed by atoms with E-state index in [2.05, 4.69) is 9.97 Å². The summed E-state index contributed by atoms with van der Waals surface area (Å²) in [6, 6.07) is 10.7. The van der Waals surface area contributed by atoms with Gasteiger partial charge >= 0.3 is 11.9 Å². The zero-order valence-electron chi connectivity index (χ0n) is 14.8. The lowest BCUT2D eigenvalue weighted by Crippen LogP contribution is -2.05. The zero-order valence-corrected chi connectivity index (χ0v) is 19.6. The smallest absolute Gasteiger partial charge is 0.318 e. The normalized spacial score (nSPS) is 11.1. The molecule has 0 saturated heterocycles. The highest BCUT2D eigenvalue weighted by Crippen LogP contribution is 2.33. The van der Waals surface area contributed by atoms with Crippen LogP contribution in [0.1, 0.15) is 12.8 Å². The minimum atomic E-state index is -0.533. The van der Waals surface area contributed by atoms with Crippen LogP contribution in [0.25, 0.3) is 20.4 Å². The number of nitrogens with zero attached hydrogens (tertiary/aromatic N) is 2. The number of hydrogen-bond donors (Lipinski definition) is 0. The van der Waals surface area contributed by atoms with Crippen LogP contribution in [0, 0.1) is 0 Å². The van der Waals surface area contributed by atoms with Crippen LogP contribution in [-0.4, -0.2) is 21.9 Å². The minimum Gasteiger partial charge on any atom is -0.383 e. The van der Waals surface area contributed by atoms with Gasteiger partial charge in [-0.15, -0.1) is 22.7 Å². The maximum absolute atomic E-state index is 11.9. The van der Waals surface area contributed by atoms with Crippen molar-refractivity contribution in [3.05, 3.63) is 46.4 Å². The van der Waals surface area contributed by atoms with Gasteiger partial charge in [0.2, 0.25) is 0 Å². The average Bonchev–Trinajstić information content (AvgIpc) is 3.31. The Morgan fingerprint density at radius 1 is 0.800 bits per heavy atom. The van der Waals surface area contributed by atoms with E-state index in [1.165, 1.54) is 22.7 Å². The third-order valence-electron chi connectivity index (χ3n) is 3.61. The summed E-state index contributed by atoms with van der Waals surface area (Å²) in [5.74, 6) is -1.07. The first kappa shape index (κ1) is 21.7. The van der Waals surface area contributed by atoms with Gasteiger partial charge in [0, 0.05) is 10.0 Å². The molecule has 0 aliphatic rings. The summed E-state index contributed by atoms with van der Waals surface area (Å²) in [5.41, 5.74) is 1.56. The maximum Gasteiger partial charge on any atom is 0.318 e. The molecular formula is C18H10Cl2N2O4S4. The standard InChI is InChI=1S/C18H10Cl2N2O4S4/c19-9-1-3-11-13(7-9)27-17(21-11)29-25-15(23)5-6-16(24)26-30-18-22-12-4-2-10(20)8-14(12)28-18/h1-4,7-8H,5-6H2. The lowest BCUT2D eigenvalue weighted by atomic mass is 10.3. The van der Waals surface area contributed by atoms with Crippen molar-refractivity contribution in [1.29, 1.82) is 0 Å². The highest BCUT2D eigenvalue weighted by atomic mass is 35.5. The van der Waals surface area contributed by atoms with E-state index in [0.29, 0.717) is 18.7 Å². The maximum atomic E-state index is 11.9. The monoisotopic (exact) mass is 516 g/mol. The van der Waals surface area contributed by atoms with Crippen molar-refractivity contribution in [2.75, 3.05) is 0 Å². The predicted molar refractivity (Wildman–Crippen MR) is 122 cm³/mol. The lowest BCUT2D eigenvalue weighted by molar-refractivity contribution is -0.139. The number of benzene rings is 2. The van der Waals surface area contributed by atoms with E-state index in [1.54, 1.807) is 36.4 Å². The quantitative estimate of drug-likeness (QED) is 0.248. The summed E-state index contributed by atoms with van der Waals surface area (Å²) in [4.78, 5) is 32.5. The number of carbonyl (C=O) groups is 2. The number of aromatic nitrogens is 2. The third-order valence-corrected chi connectivity index (χ3v) is 7.62. The Balaban J connectivity index is 1.21. The number of fused-ring (bicyclic) bond motifs is 2. The molecule has 2 aromatic carbocycles. The fourth-order valence-electron chi connectivity index (χ4n) is 2.28. The highest BCUT2D eigenvalue weighted by Gasteiger charge is 2.14. The van der Waals surface area contributed by atoms with Gasteiger partial charge in [0.15, 0.2) is 8.68 Å². The number of halogens is 2. The number of thiazole rings is 2. The van der Waals surface area contributed by atoms with Crippen molar-refractivity contribution in [2.24, 2.45) is 0 Å². The molecule has 0 spiro atoms. The van der Waals surface area contributed by atoms with Gasteiger partial charge in [0.1, 0.15) is 24.1 Å². The van der Waals surface area contributed by atoms with E-state index < -0.39 is 11.9 Å². The summed E-state index contributed by atoms with van der Waals surface area (Å²) >= 11 is 16.4. The molecule has 0 aliphatic carbocycles. The van der Waals surface area contributed by atoms with Gasteiger partial charge in [0.05, 0.1) is 33.3 Å². The first-order chi connectivity index (χ1) is 14.5. The molecule has 154 valence electrons. The van der Waals surface area contributed by atoms with Crippen molar-refractivity contribution in [3.63, 3.8) is 0 Å². The van der Waals surface area contributed by atoms with Crippen LogP contribution in [0.5, 0.6) is 0 Å². The topological polar surface area (TPSA) is 78.4 Å². The molecule has 30 heavy (non-hydrogen) atoms. The molecule has 0 radical (unpaired) electrons. The van der Waals surface area contributed by atoms with Crippen LogP contribution in [0.4, 0.5) is 0 Å². The van der Waals surface area contributed by atoms with Crippen LogP contribution < -0.4 is 0 Å². The molecule has 0 bridgehead atoms. The molecule has 4 rings (SSSR count). The Labute approximate surface area is 197 Å². The molecule has 0 amide bonds. The number of hydrogen-bond acceptors (Lipinski definition) is 10. The van der Waals surface area contributed by atoms with E-state index >= 15 is 0 Å². The predicted octanol–water partition coefficient (Wildman–Crippen LogP) is 6.79. The molecule has 0 aliphatic heterocycles. The van der Waals surface area contributed by atoms with Crippen LogP contribution in [0.15, 0.2) is 45.1 Å². The van der Waals surface area contributed by atoms with Gasteiger partial charge in [-0.25, -0.2) is 9.97 Å². The molecular weight excluding hydrogens is 507 g/mol. The first-order valence-electron chi connectivity index (χ1n) is 8.33. The Morgan fingerprint density at radius 2 is 1.23 bits per heavy atom. The van der Waals surface area contributed by atoms with Gasteiger partial charge in [0.25, 0.3) is 0 Å². The molecule has 4 aromatic rings. The summed E-state index contributed by atoms with van der Waals surface area (Å²) in [5, 5.41) is 1.23. The van der Waals surface area contributed by atoms with Crippen molar-refractivity contribution >= 4 is 102 Å². The summed E-state index contributed by atoms with van der Waals surface area (Å²) in [6.07, 6.45) is -0.197. The Hall–Kier alpha value is -1.56. The fourth-order valence-corrected chi connectivity index (χ4v) is 6.01. The van der Waals surface area contributed by atoms with Gasteiger partial charge < -0.3 is 8.37 Å². The zero-order chi connectivity index (χ0) is 21.1. The van der Waals surface area contributed by atoms with Gasteiger partial charge in [-0.3, -0.25) is 9.59 Å². The van der Waals surface area contributed by atoms with Crippen LogP contribution >= 0.6 is 70.0 Å². The Morgan fingerprint density at radius 3 is 1.67 bits per heavy atom. The molecule has 2 aromatic heterocycles. The second kappa shape index (κ2) is 9.71. The second-order valence-electron chi connectivity index (χ2n) is 5.76. The highest BCUT2D eigenvalue weighted by molar-refractivity contribution is 7.97. The van der Waals surface area contributed by atoms with E-state index in [4.69, 9.17) is 31.6 Å². The van der Waals surface area contributed by atoms with Crippen molar-refractivity contribution < 1.29 is 18.0 Å². The molecule has 2 heterocycles. The van der Waals surface area contributed by atoms with Crippen LogP contribution in [-0.2, 0) is 18.0 Å². The molecule has 0 N–H and O–H groups in total. The molecule has 0 atom stereocenters.